The predicted octanol–water partition coefficient (Wildman–Crippen LogP) is -3.90. The molecule has 15 heavy (non-hydrogen) atoms. The van der Waals surface area contributed by atoms with Gasteiger partial charge in [-0.05, 0) is 0 Å². The van der Waals surface area contributed by atoms with E-state index >= 15 is 0 Å². The zero-order chi connectivity index (χ0) is 10.6. The van der Waals surface area contributed by atoms with Gasteiger partial charge in [0.15, 0.2) is 5.16 Å². The standard InChI is InChI=1S/C5H8N4O3S2.K/c6-4-7-3-8-5(9-4)13-1-2-14(10,11)12;/h3H,1-2H2,(H,10,11,12)(H2,6,7,8,9);/q;+1/p-1. The third kappa shape index (κ3) is 7.57. The van der Waals surface area contributed by atoms with E-state index in [0.29, 0.717) is 5.16 Å². The Morgan fingerprint density at radius 3 is 2.67 bits per heavy atom. The summed E-state index contributed by atoms with van der Waals surface area (Å²) in [5.41, 5.74) is 5.26. The van der Waals surface area contributed by atoms with Crippen LogP contribution in [0.25, 0.3) is 0 Å². The first-order valence-corrected chi connectivity index (χ1v) is 6.04. The molecule has 2 N–H and O–H groups in total. The van der Waals surface area contributed by atoms with E-state index in [4.69, 9.17) is 5.73 Å². The van der Waals surface area contributed by atoms with Crippen molar-refractivity contribution in [2.24, 2.45) is 0 Å². The molecule has 1 rings (SSSR count). The predicted molar refractivity (Wildman–Crippen MR) is 49.5 cm³/mol. The number of anilines is 1. The van der Waals surface area contributed by atoms with Crippen LogP contribution in [0.5, 0.6) is 0 Å². The van der Waals surface area contributed by atoms with Gasteiger partial charge >= 0.3 is 51.4 Å². The molecule has 10 heteroatoms. The van der Waals surface area contributed by atoms with Crippen LogP contribution in [0, 0.1) is 0 Å². The zero-order valence-electron chi connectivity index (χ0n) is 7.95. The molecule has 0 spiro atoms. The molecule has 0 aromatic carbocycles. The van der Waals surface area contributed by atoms with Gasteiger partial charge < -0.3 is 10.3 Å². The van der Waals surface area contributed by atoms with Crippen LogP contribution in [-0.2, 0) is 10.1 Å². The summed E-state index contributed by atoms with van der Waals surface area (Å²) in [7, 11) is -4.18. The molecule has 7 nitrogen and oxygen atoms in total. The van der Waals surface area contributed by atoms with E-state index in [9.17, 15) is 13.0 Å². The van der Waals surface area contributed by atoms with Crippen LogP contribution >= 0.6 is 11.8 Å². The Balaban J connectivity index is 0.00000196. The molecule has 1 aromatic rings. The molecule has 0 radical (unpaired) electrons. The number of nitrogen functional groups attached to an aromatic ring is 1. The first kappa shape index (κ1) is 15.7. The van der Waals surface area contributed by atoms with Gasteiger partial charge in [0.2, 0.25) is 5.95 Å². The van der Waals surface area contributed by atoms with Crippen LogP contribution < -0.4 is 57.1 Å². The minimum atomic E-state index is -4.18. The molecule has 0 atom stereocenters. The second kappa shape index (κ2) is 7.11. The van der Waals surface area contributed by atoms with Crippen LogP contribution in [0.1, 0.15) is 0 Å². The molecule has 78 valence electrons. The summed E-state index contributed by atoms with van der Waals surface area (Å²) in [6.07, 6.45) is 1.22. The molecule has 0 saturated heterocycles. The normalized spacial score (nSPS) is 10.7. The fraction of sp³-hybridized carbons (Fsp3) is 0.400. The zero-order valence-corrected chi connectivity index (χ0v) is 12.7. The number of rotatable bonds is 4. The molecule has 0 unspecified atom stereocenters. The van der Waals surface area contributed by atoms with E-state index in [-0.39, 0.29) is 63.1 Å². The smallest absolute Gasteiger partial charge is 0.748 e. The number of nitrogens with two attached hydrogens (primary N) is 1. The third-order valence-electron chi connectivity index (χ3n) is 1.13. The SMILES string of the molecule is Nc1ncnc(SCCS(=O)(=O)[O-])n1.[K+]. The molecule has 1 heterocycles. The van der Waals surface area contributed by atoms with Gasteiger partial charge in [-0.3, -0.25) is 0 Å². The van der Waals surface area contributed by atoms with E-state index in [2.05, 4.69) is 15.0 Å². The summed E-state index contributed by atoms with van der Waals surface area (Å²) in [4.78, 5) is 11.0. The quantitative estimate of drug-likeness (QED) is 0.336. The Bertz CT molecular complexity index is 412. The molecule has 1 aromatic heterocycles. The van der Waals surface area contributed by atoms with Crippen molar-refractivity contribution >= 4 is 27.8 Å². The van der Waals surface area contributed by atoms with E-state index in [1.165, 1.54) is 6.33 Å². The van der Waals surface area contributed by atoms with Gasteiger partial charge in [0.05, 0.1) is 10.1 Å². The second-order valence-corrected chi connectivity index (χ2v) is 4.82. The third-order valence-corrected chi connectivity index (χ3v) is 2.96. The fourth-order valence-corrected chi connectivity index (χ4v) is 2.21. The van der Waals surface area contributed by atoms with Gasteiger partial charge in [-0.25, -0.2) is 18.4 Å². The van der Waals surface area contributed by atoms with Crippen molar-refractivity contribution in [3.05, 3.63) is 6.33 Å². The Kier molecular flexibility index (Phi) is 7.45. The molecule has 0 aliphatic carbocycles. The Hall–Kier alpha value is 0.706. The first-order chi connectivity index (χ1) is 6.47. The largest absolute Gasteiger partial charge is 1.00 e. The van der Waals surface area contributed by atoms with E-state index < -0.39 is 15.9 Å². The van der Waals surface area contributed by atoms with Crippen molar-refractivity contribution in [2.75, 3.05) is 17.2 Å². The molecule has 0 amide bonds. The van der Waals surface area contributed by atoms with Crippen molar-refractivity contribution in [2.45, 2.75) is 5.16 Å². The number of hydrogen-bond acceptors (Lipinski definition) is 8. The number of thioether (sulfide) groups is 1. The molecule has 0 aliphatic heterocycles. The van der Waals surface area contributed by atoms with Gasteiger partial charge in [-0.15, -0.1) is 0 Å². The fourth-order valence-electron chi connectivity index (χ4n) is 0.598. The summed E-state index contributed by atoms with van der Waals surface area (Å²) >= 11 is 1.04. The van der Waals surface area contributed by atoms with Crippen LogP contribution in [-0.4, -0.2) is 39.4 Å². The molecular weight excluding hydrogens is 267 g/mol. The number of aromatic nitrogens is 3. The van der Waals surface area contributed by atoms with E-state index in [1.54, 1.807) is 0 Å². The van der Waals surface area contributed by atoms with Crippen LogP contribution in [0.2, 0.25) is 0 Å². The van der Waals surface area contributed by atoms with Gasteiger partial charge in [0.25, 0.3) is 0 Å². The maximum absolute atomic E-state index is 10.2. The molecule has 0 bridgehead atoms. The van der Waals surface area contributed by atoms with Crippen LogP contribution in [0.4, 0.5) is 5.95 Å². The van der Waals surface area contributed by atoms with Crippen molar-refractivity contribution in [1.82, 2.24) is 15.0 Å². The summed E-state index contributed by atoms with van der Waals surface area (Å²) in [6, 6.07) is 0. The summed E-state index contributed by atoms with van der Waals surface area (Å²) in [6.45, 7) is 0. The number of hydrogen-bond donors (Lipinski definition) is 1. The van der Waals surface area contributed by atoms with Crippen LogP contribution in [0.15, 0.2) is 11.5 Å². The Morgan fingerprint density at radius 1 is 1.47 bits per heavy atom. The van der Waals surface area contributed by atoms with Gasteiger partial charge in [0.1, 0.15) is 6.33 Å². The average molecular weight is 274 g/mol. The van der Waals surface area contributed by atoms with Crippen molar-refractivity contribution in [3.63, 3.8) is 0 Å². The van der Waals surface area contributed by atoms with Gasteiger partial charge in [-0.1, -0.05) is 11.8 Å². The molecule has 0 aliphatic rings. The van der Waals surface area contributed by atoms with E-state index in [1.807, 2.05) is 0 Å². The summed E-state index contributed by atoms with van der Waals surface area (Å²) in [5, 5.41) is 0.307. The maximum atomic E-state index is 10.2. The molecular formula is C5H7KN4O3S2. The Morgan fingerprint density at radius 2 is 2.13 bits per heavy atom. The molecule has 0 fully saturated rings. The maximum Gasteiger partial charge on any atom is 1.00 e. The topological polar surface area (TPSA) is 122 Å². The summed E-state index contributed by atoms with van der Waals surface area (Å²) < 4.78 is 30.7. The first-order valence-electron chi connectivity index (χ1n) is 3.48. The average Bonchev–Trinajstić information content (AvgIpc) is 2.01. The van der Waals surface area contributed by atoms with Crippen LogP contribution in [0.3, 0.4) is 0 Å². The second-order valence-electron chi connectivity index (χ2n) is 2.24. The van der Waals surface area contributed by atoms with E-state index in [0.717, 1.165) is 11.8 Å². The molecule has 0 saturated carbocycles. The van der Waals surface area contributed by atoms with Crippen molar-refractivity contribution in [3.8, 4) is 0 Å². The summed E-state index contributed by atoms with van der Waals surface area (Å²) in [5.74, 6) is -0.286. The van der Waals surface area contributed by atoms with Crippen molar-refractivity contribution < 1.29 is 64.4 Å². The minimum Gasteiger partial charge on any atom is -0.748 e. The number of nitrogens with zero attached hydrogens (tertiary/aromatic N) is 3. The monoisotopic (exact) mass is 274 g/mol. The van der Waals surface area contributed by atoms with Gasteiger partial charge in [0, 0.05) is 11.5 Å². The van der Waals surface area contributed by atoms with Gasteiger partial charge in [-0.2, -0.15) is 4.98 Å². The Labute approximate surface area is 134 Å². The van der Waals surface area contributed by atoms with Crippen molar-refractivity contribution in [1.29, 1.82) is 0 Å². The minimum absolute atomic E-state index is 0.